The van der Waals surface area contributed by atoms with Crippen LogP contribution in [0.4, 0.5) is 0 Å². The van der Waals surface area contributed by atoms with Crippen molar-refractivity contribution in [1.29, 1.82) is 0 Å². The molecule has 0 aliphatic rings. The van der Waals surface area contributed by atoms with Gasteiger partial charge in [0.1, 0.15) is 0 Å². The molecule has 0 rings (SSSR count). The first-order chi connectivity index (χ1) is 11.5. The molecular formula is C13H31NO7SSi2. The summed E-state index contributed by atoms with van der Waals surface area (Å²) in [6.45, 7) is 0.439. The second-order valence-electron chi connectivity index (χ2n) is 4.49. The lowest BCUT2D eigenvalue weighted by atomic mass is 10.5. The highest BCUT2D eigenvalue weighted by molar-refractivity contribution is 7.80. The summed E-state index contributed by atoms with van der Waals surface area (Å²) in [5.41, 5.74) is 0. The van der Waals surface area contributed by atoms with E-state index in [9.17, 15) is 4.79 Å². The number of nitrogens with zero attached hydrogens (tertiary/aromatic N) is 1. The molecule has 0 bridgehead atoms. The predicted octanol–water partition coefficient (Wildman–Crippen LogP) is 1.77. The molecule has 0 saturated carbocycles. The Morgan fingerprint density at radius 3 is 1.46 bits per heavy atom. The quantitative estimate of drug-likeness (QED) is 0.165. The van der Waals surface area contributed by atoms with Crippen molar-refractivity contribution >= 4 is 36.3 Å². The number of hydrogen-bond acceptors (Lipinski definition) is 9. The maximum Gasteiger partial charge on any atom is 0.500 e. The average molecular weight is 402 g/mol. The van der Waals surface area contributed by atoms with E-state index in [0.717, 1.165) is 18.2 Å². The molecule has 0 aromatic heterocycles. The summed E-state index contributed by atoms with van der Waals surface area (Å²) in [5.74, 6) is 0.838. The highest BCUT2D eigenvalue weighted by Gasteiger charge is 2.37. The van der Waals surface area contributed by atoms with Crippen molar-refractivity contribution in [3.63, 3.8) is 0 Å². The summed E-state index contributed by atoms with van der Waals surface area (Å²) >= 11 is 4.10. The lowest BCUT2D eigenvalue weighted by Gasteiger charge is -2.23. The maximum absolute atomic E-state index is 9.76. The van der Waals surface area contributed by atoms with E-state index in [4.69, 9.17) is 26.6 Å². The molecule has 0 aromatic carbocycles. The van der Waals surface area contributed by atoms with E-state index >= 15 is 0 Å². The van der Waals surface area contributed by atoms with Gasteiger partial charge >= 0.3 is 17.6 Å². The van der Waals surface area contributed by atoms with Crippen molar-refractivity contribution < 1.29 is 31.4 Å². The Balaban J connectivity index is 0. The molecule has 0 heterocycles. The third-order valence-electron chi connectivity index (χ3n) is 3.32. The van der Waals surface area contributed by atoms with Crippen LogP contribution in [-0.4, -0.2) is 78.6 Å². The highest BCUT2D eigenvalue weighted by atomic mass is 32.1. The Kier molecular flexibility index (Phi) is 17.9. The molecule has 0 atom stereocenters. The standard InChI is InChI=1S/C7H15NO4Si.C6H16O3SSi/c1-10-13(11-2,12-3)6-4-5-8-7-9;1-7-11(8-2,9-3)6-4-5-10/h4-6H2,1-3H3;10H,4-6H2,1-3H3. The number of carbonyl (C=O) groups excluding carboxylic acids is 1. The van der Waals surface area contributed by atoms with Gasteiger partial charge in [0.15, 0.2) is 0 Å². The first-order valence-electron chi connectivity index (χ1n) is 7.44. The minimum atomic E-state index is -2.46. The fourth-order valence-electron chi connectivity index (χ4n) is 1.83. The van der Waals surface area contributed by atoms with Crippen molar-refractivity contribution in [3.05, 3.63) is 0 Å². The van der Waals surface area contributed by atoms with Crippen LogP contribution in [0.1, 0.15) is 12.8 Å². The van der Waals surface area contributed by atoms with E-state index in [0.29, 0.717) is 19.0 Å². The van der Waals surface area contributed by atoms with Gasteiger partial charge < -0.3 is 26.6 Å². The van der Waals surface area contributed by atoms with Gasteiger partial charge in [0.25, 0.3) is 0 Å². The number of hydrogen-bond donors (Lipinski definition) is 1. The van der Waals surface area contributed by atoms with Gasteiger partial charge in [-0.25, -0.2) is 9.79 Å². The zero-order valence-corrected chi connectivity index (χ0v) is 18.4. The van der Waals surface area contributed by atoms with Crippen molar-refractivity contribution in [2.75, 3.05) is 55.0 Å². The van der Waals surface area contributed by atoms with Crippen LogP contribution in [0.15, 0.2) is 4.99 Å². The number of isocyanates is 1. The van der Waals surface area contributed by atoms with E-state index in [1.165, 1.54) is 6.08 Å². The van der Waals surface area contributed by atoms with Gasteiger partial charge in [-0.1, -0.05) is 0 Å². The van der Waals surface area contributed by atoms with Crippen LogP contribution in [0.2, 0.25) is 12.1 Å². The van der Waals surface area contributed by atoms with Crippen LogP contribution in [0.25, 0.3) is 0 Å². The van der Waals surface area contributed by atoms with Gasteiger partial charge in [0, 0.05) is 54.7 Å². The van der Waals surface area contributed by atoms with Crippen LogP contribution in [0.5, 0.6) is 0 Å². The molecule has 0 spiro atoms. The Morgan fingerprint density at radius 1 is 0.792 bits per heavy atom. The molecule has 144 valence electrons. The lowest BCUT2D eigenvalue weighted by Crippen LogP contribution is -2.42. The SMILES string of the molecule is CO[Si](CCCN=C=O)(OC)OC.CO[Si](CCCS)(OC)OC. The van der Waals surface area contributed by atoms with Gasteiger partial charge in [0.2, 0.25) is 6.08 Å². The molecule has 0 radical (unpaired) electrons. The van der Waals surface area contributed by atoms with E-state index in [2.05, 4.69) is 17.6 Å². The zero-order valence-electron chi connectivity index (χ0n) is 15.5. The third-order valence-corrected chi connectivity index (χ3v) is 9.30. The van der Waals surface area contributed by atoms with E-state index in [1.54, 1.807) is 42.7 Å². The smallest absolute Gasteiger partial charge is 0.377 e. The Bertz CT molecular complexity index is 322. The lowest BCUT2D eigenvalue weighted by molar-refractivity contribution is 0.123. The zero-order chi connectivity index (χ0) is 18.9. The maximum atomic E-state index is 9.76. The Hall–Kier alpha value is -0.0762. The van der Waals surface area contributed by atoms with Crippen molar-refractivity contribution in [2.45, 2.75) is 24.9 Å². The summed E-state index contributed by atoms with van der Waals surface area (Å²) in [4.78, 5) is 13.2. The number of thiol groups is 1. The van der Waals surface area contributed by atoms with Crippen LogP contribution < -0.4 is 0 Å². The molecule has 0 saturated heterocycles. The summed E-state index contributed by atoms with van der Waals surface area (Å²) < 4.78 is 31.1. The van der Waals surface area contributed by atoms with Crippen LogP contribution >= 0.6 is 12.6 Å². The monoisotopic (exact) mass is 401 g/mol. The first kappa shape index (κ1) is 26.2. The molecule has 11 heteroatoms. The molecule has 8 nitrogen and oxygen atoms in total. The van der Waals surface area contributed by atoms with Crippen LogP contribution in [0.3, 0.4) is 0 Å². The van der Waals surface area contributed by atoms with Gasteiger partial charge in [-0.05, 0) is 18.6 Å². The second kappa shape index (κ2) is 16.4. The molecular weight excluding hydrogens is 370 g/mol. The first-order valence-corrected chi connectivity index (χ1v) is 11.9. The summed E-state index contributed by atoms with van der Waals surface area (Å²) in [6, 6.07) is 1.49. The minimum Gasteiger partial charge on any atom is -0.377 e. The van der Waals surface area contributed by atoms with E-state index in [1.807, 2.05) is 0 Å². The third kappa shape index (κ3) is 10.7. The topological polar surface area (TPSA) is 84.8 Å². The van der Waals surface area contributed by atoms with Gasteiger partial charge in [-0.15, -0.1) is 0 Å². The van der Waals surface area contributed by atoms with Gasteiger partial charge in [-0.3, -0.25) is 0 Å². The molecule has 0 aliphatic carbocycles. The largest absolute Gasteiger partial charge is 0.500 e. The minimum absolute atomic E-state index is 0.439. The van der Waals surface area contributed by atoms with E-state index in [-0.39, 0.29) is 0 Å². The van der Waals surface area contributed by atoms with Gasteiger partial charge in [0.05, 0.1) is 6.54 Å². The number of rotatable bonds is 13. The second-order valence-corrected chi connectivity index (χ2v) is 11.1. The van der Waals surface area contributed by atoms with Crippen molar-refractivity contribution in [1.82, 2.24) is 0 Å². The predicted molar refractivity (Wildman–Crippen MR) is 99.3 cm³/mol. The van der Waals surface area contributed by atoms with Crippen molar-refractivity contribution in [2.24, 2.45) is 4.99 Å². The van der Waals surface area contributed by atoms with Crippen LogP contribution in [-0.2, 0) is 31.4 Å². The van der Waals surface area contributed by atoms with E-state index < -0.39 is 17.6 Å². The van der Waals surface area contributed by atoms with Crippen molar-refractivity contribution in [3.8, 4) is 0 Å². The fraction of sp³-hybridized carbons (Fsp3) is 0.923. The average Bonchev–Trinajstić information content (AvgIpc) is 2.65. The molecule has 0 aliphatic heterocycles. The molecule has 0 amide bonds. The Morgan fingerprint density at radius 2 is 1.17 bits per heavy atom. The molecule has 0 fully saturated rings. The highest BCUT2D eigenvalue weighted by Crippen LogP contribution is 2.15. The number of aliphatic imine (C=N–C) groups is 1. The molecule has 0 aromatic rings. The molecule has 24 heavy (non-hydrogen) atoms. The molecule has 0 unspecified atom stereocenters. The van der Waals surface area contributed by atoms with Gasteiger partial charge in [-0.2, -0.15) is 12.6 Å². The normalized spacial score (nSPS) is 11.5. The Labute approximate surface area is 153 Å². The van der Waals surface area contributed by atoms with Crippen LogP contribution in [0, 0.1) is 0 Å². The molecule has 0 N–H and O–H groups in total. The summed E-state index contributed by atoms with van der Waals surface area (Å²) in [7, 11) is 4.80. The summed E-state index contributed by atoms with van der Waals surface area (Å²) in [5, 5.41) is 0. The fourth-order valence-corrected chi connectivity index (χ4v) is 5.71. The summed E-state index contributed by atoms with van der Waals surface area (Å²) in [6.07, 6.45) is 3.14.